The van der Waals surface area contributed by atoms with E-state index >= 15 is 0 Å². The second-order valence-electron chi connectivity index (χ2n) is 4.96. The summed E-state index contributed by atoms with van der Waals surface area (Å²) in [5.74, 6) is 0. The Balaban J connectivity index is 2.03. The molecule has 4 heteroatoms. The standard InChI is InChI=1S/C16H16N2S2/c1-9-4-5-14(10(2)6-9)20-15-8-13-16(7-12(15)17)19-11(3)18-13/h4-8H,17H2,1-3H3. The lowest BCUT2D eigenvalue weighted by Crippen LogP contribution is -1.89. The molecule has 1 aromatic heterocycles. The van der Waals surface area contributed by atoms with Crippen LogP contribution in [0.2, 0.25) is 0 Å². The summed E-state index contributed by atoms with van der Waals surface area (Å²) < 4.78 is 1.16. The summed E-state index contributed by atoms with van der Waals surface area (Å²) in [5.41, 5.74) is 10.6. The number of aryl methyl sites for hydroxylation is 3. The molecule has 0 aliphatic heterocycles. The van der Waals surface area contributed by atoms with E-state index in [0.29, 0.717) is 0 Å². The maximum atomic E-state index is 6.18. The van der Waals surface area contributed by atoms with E-state index < -0.39 is 0 Å². The van der Waals surface area contributed by atoms with Gasteiger partial charge in [0, 0.05) is 15.5 Å². The van der Waals surface area contributed by atoms with Crippen molar-refractivity contribution < 1.29 is 0 Å². The molecular formula is C16H16N2S2. The van der Waals surface area contributed by atoms with E-state index in [-0.39, 0.29) is 0 Å². The first-order valence-corrected chi connectivity index (χ1v) is 8.08. The molecule has 0 unspecified atom stereocenters. The van der Waals surface area contributed by atoms with Gasteiger partial charge in [-0.05, 0) is 44.5 Å². The number of nitrogen functional groups attached to an aromatic ring is 1. The molecule has 20 heavy (non-hydrogen) atoms. The van der Waals surface area contributed by atoms with Gasteiger partial charge in [0.2, 0.25) is 0 Å². The number of nitrogens with two attached hydrogens (primary N) is 1. The minimum atomic E-state index is 0.825. The van der Waals surface area contributed by atoms with Crippen molar-refractivity contribution in [1.29, 1.82) is 0 Å². The van der Waals surface area contributed by atoms with Crippen LogP contribution in [0.25, 0.3) is 10.2 Å². The molecular weight excluding hydrogens is 284 g/mol. The highest BCUT2D eigenvalue weighted by atomic mass is 32.2. The van der Waals surface area contributed by atoms with Crippen LogP contribution in [-0.4, -0.2) is 4.98 Å². The lowest BCUT2D eigenvalue weighted by Gasteiger charge is -2.08. The lowest BCUT2D eigenvalue weighted by molar-refractivity contribution is 1.26. The molecule has 0 fully saturated rings. The molecule has 102 valence electrons. The summed E-state index contributed by atoms with van der Waals surface area (Å²) in [6.45, 7) is 6.27. The van der Waals surface area contributed by atoms with Gasteiger partial charge in [0.1, 0.15) is 0 Å². The highest BCUT2D eigenvalue weighted by Crippen LogP contribution is 2.37. The summed E-state index contributed by atoms with van der Waals surface area (Å²) in [7, 11) is 0. The SMILES string of the molecule is Cc1ccc(Sc2cc3nc(C)sc3cc2N)c(C)c1. The van der Waals surface area contributed by atoms with Gasteiger partial charge in [-0.2, -0.15) is 0 Å². The average Bonchev–Trinajstić information content (AvgIpc) is 2.72. The Bertz CT molecular complexity index is 791. The van der Waals surface area contributed by atoms with Gasteiger partial charge in [-0.1, -0.05) is 29.5 Å². The van der Waals surface area contributed by atoms with Crippen LogP contribution in [0.1, 0.15) is 16.1 Å². The van der Waals surface area contributed by atoms with Gasteiger partial charge < -0.3 is 5.73 Å². The highest BCUT2D eigenvalue weighted by Gasteiger charge is 2.09. The van der Waals surface area contributed by atoms with E-state index in [4.69, 9.17) is 5.73 Å². The molecule has 0 bridgehead atoms. The van der Waals surface area contributed by atoms with Gasteiger partial charge in [0.15, 0.2) is 0 Å². The second-order valence-corrected chi connectivity index (χ2v) is 7.28. The van der Waals surface area contributed by atoms with Gasteiger partial charge in [-0.15, -0.1) is 11.3 Å². The molecule has 0 radical (unpaired) electrons. The zero-order valence-corrected chi connectivity index (χ0v) is 13.4. The summed E-state index contributed by atoms with van der Waals surface area (Å²) in [4.78, 5) is 6.87. The normalized spacial score (nSPS) is 11.2. The molecule has 2 N–H and O–H groups in total. The van der Waals surface area contributed by atoms with Crippen LogP contribution < -0.4 is 5.73 Å². The van der Waals surface area contributed by atoms with Gasteiger partial charge in [-0.3, -0.25) is 0 Å². The Morgan fingerprint density at radius 2 is 1.85 bits per heavy atom. The smallest absolute Gasteiger partial charge is 0.0907 e. The molecule has 2 aromatic carbocycles. The van der Waals surface area contributed by atoms with E-state index in [1.54, 1.807) is 23.1 Å². The van der Waals surface area contributed by atoms with Crippen LogP contribution in [0.3, 0.4) is 0 Å². The molecule has 0 aliphatic carbocycles. The number of hydrogen-bond acceptors (Lipinski definition) is 4. The van der Waals surface area contributed by atoms with Crippen molar-refractivity contribution in [2.45, 2.75) is 30.6 Å². The van der Waals surface area contributed by atoms with Crippen molar-refractivity contribution in [2.75, 3.05) is 5.73 Å². The molecule has 0 aliphatic rings. The van der Waals surface area contributed by atoms with E-state index in [2.05, 4.69) is 43.1 Å². The van der Waals surface area contributed by atoms with Crippen LogP contribution in [0, 0.1) is 20.8 Å². The second kappa shape index (κ2) is 5.11. The Labute approximate surface area is 127 Å². The van der Waals surface area contributed by atoms with E-state index in [0.717, 1.165) is 25.8 Å². The average molecular weight is 300 g/mol. The summed E-state index contributed by atoms with van der Waals surface area (Å²) >= 11 is 3.40. The van der Waals surface area contributed by atoms with Crippen LogP contribution in [0.15, 0.2) is 40.1 Å². The van der Waals surface area contributed by atoms with E-state index in [1.807, 2.05) is 13.0 Å². The van der Waals surface area contributed by atoms with Crippen molar-refractivity contribution in [3.8, 4) is 0 Å². The Morgan fingerprint density at radius 3 is 2.60 bits per heavy atom. The number of benzene rings is 2. The lowest BCUT2D eigenvalue weighted by atomic mass is 10.2. The summed E-state index contributed by atoms with van der Waals surface area (Å²) in [6.07, 6.45) is 0. The first-order valence-electron chi connectivity index (χ1n) is 6.45. The minimum absolute atomic E-state index is 0.825. The predicted molar refractivity (Wildman–Crippen MR) is 88.8 cm³/mol. The van der Waals surface area contributed by atoms with E-state index in [1.165, 1.54) is 16.0 Å². The number of anilines is 1. The fourth-order valence-electron chi connectivity index (χ4n) is 2.21. The summed E-state index contributed by atoms with van der Waals surface area (Å²) in [5, 5.41) is 1.08. The van der Waals surface area contributed by atoms with E-state index in [9.17, 15) is 0 Å². The molecule has 2 nitrogen and oxygen atoms in total. The fraction of sp³-hybridized carbons (Fsp3) is 0.188. The Hall–Kier alpha value is -1.52. The summed E-state index contributed by atoms with van der Waals surface area (Å²) in [6, 6.07) is 10.6. The van der Waals surface area contributed by atoms with Crippen molar-refractivity contribution >= 4 is 39.0 Å². The molecule has 3 aromatic rings. The Morgan fingerprint density at radius 1 is 1.05 bits per heavy atom. The minimum Gasteiger partial charge on any atom is -0.398 e. The molecule has 0 spiro atoms. The maximum Gasteiger partial charge on any atom is 0.0907 e. The van der Waals surface area contributed by atoms with Crippen LogP contribution >= 0.6 is 23.1 Å². The number of fused-ring (bicyclic) bond motifs is 1. The number of hydrogen-bond donors (Lipinski definition) is 1. The zero-order chi connectivity index (χ0) is 14.3. The van der Waals surface area contributed by atoms with Crippen molar-refractivity contribution in [3.63, 3.8) is 0 Å². The quantitative estimate of drug-likeness (QED) is 0.680. The van der Waals surface area contributed by atoms with Crippen molar-refractivity contribution in [2.24, 2.45) is 0 Å². The maximum absolute atomic E-state index is 6.18. The van der Waals surface area contributed by atoms with Gasteiger partial charge in [0.05, 0.1) is 15.2 Å². The molecule has 0 saturated heterocycles. The number of thiazole rings is 1. The number of nitrogens with zero attached hydrogens (tertiary/aromatic N) is 1. The van der Waals surface area contributed by atoms with Crippen LogP contribution in [-0.2, 0) is 0 Å². The highest BCUT2D eigenvalue weighted by molar-refractivity contribution is 7.99. The third-order valence-corrected chi connectivity index (χ3v) is 5.36. The third-order valence-electron chi connectivity index (χ3n) is 3.18. The van der Waals surface area contributed by atoms with Gasteiger partial charge >= 0.3 is 0 Å². The van der Waals surface area contributed by atoms with Crippen LogP contribution in [0.4, 0.5) is 5.69 Å². The molecule has 1 heterocycles. The topological polar surface area (TPSA) is 38.9 Å². The van der Waals surface area contributed by atoms with Gasteiger partial charge in [-0.25, -0.2) is 4.98 Å². The van der Waals surface area contributed by atoms with Crippen molar-refractivity contribution in [3.05, 3.63) is 46.5 Å². The molecule has 0 atom stereocenters. The van der Waals surface area contributed by atoms with Gasteiger partial charge in [0.25, 0.3) is 0 Å². The fourth-order valence-corrected chi connectivity index (χ4v) is 4.00. The third kappa shape index (κ3) is 2.53. The predicted octanol–water partition coefficient (Wildman–Crippen LogP) is 4.95. The van der Waals surface area contributed by atoms with Crippen molar-refractivity contribution in [1.82, 2.24) is 4.98 Å². The molecule has 3 rings (SSSR count). The zero-order valence-electron chi connectivity index (χ0n) is 11.7. The first kappa shape index (κ1) is 13.5. The Kier molecular flexibility index (Phi) is 3.44. The molecule has 0 saturated carbocycles. The number of aromatic nitrogens is 1. The molecule has 0 amide bonds. The largest absolute Gasteiger partial charge is 0.398 e. The first-order chi connectivity index (χ1) is 9.52. The number of rotatable bonds is 2. The van der Waals surface area contributed by atoms with Crippen LogP contribution in [0.5, 0.6) is 0 Å². The monoisotopic (exact) mass is 300 g/mol.